The lowest BCUT2D eigenvalue weighted by Crippen LogP contribution is -2.50. The monoisotopic (exact) mass is 247 g/mol. The SMILES string of the molecule is CCC1CN(Cc2ccc(N)c(C)c2)CCN1C. The van der Waals surface area contributed by atoms with Gasteiger partial charge in [-0.25, -0.2) is 0 Å². The minimum absolute atomic E-state index is 0.702. The van der Waals surface area contributed by atoms with Crippen LogP contribution in [0.2, 0.25) is 0 Å². The molecule has 0 bridgehead atoms. The standard InChI is InChI=1S/C15H25N3/c1-4-14-11-18(8-7-17(14)3)10-13-5-6-15(16)12(2)9-13/h5-6,9,14H,4,7-8,10-11,16H2,1-3H3. The predicted octanol–water partition coefficient (Wildman–Crippen LogP) is 2.10. The van der Waals surface area contributed by atoms with Gasteiger partial charge in [-0.1, -0.05) is 19.1 Å². The van der Waals surface area contributed by atoms with Crippen LogP contribution in [-0.4, -0.2) is 42.5 Å². The summed E-state index contributed by atoms with van der Waals surface area (Å²) in [5.74, 6) is 0. The van der Waals surface area contributed by atoms with E-state index in [1.165, 1.54) is 30.6 Å². The van der Waals surface area contributed by atoms with Crippen LogP contribution in [0.5, 0.6) is 0 Å². The molecule has 1 aromatic carbocycles. The van der Waals surface area contributed by atoms with Crippen LogP contribution in [-0.2, 0) is 6.54 Å². The highest BCUT2D eigenvalue weighted by atomic mass is 15.3. The van der Waals surface area contributed by atoms with Crippen molar-refractivity contribution in [2.45, 2.75) is 32.9 Å². The van der Waals surface area contributed by atoms with Crippen molar-refractivity contribution < 1.29 is 0 Å². The second kappa shape index (κ2) is 5.72. The Labute approximate surface area is 111 Å². The van der Waals surface area contributed by atoms with E-state index in [4.69, 9.17) is 5.73 Å². The second-order valence-corrected chi connectivity index (χ2v) is 5.47. The molecule has 1 aliphatic heterocycles. The number of anilines is 1. The molecule has 0 radical (unpaired) electrons. The molecule has 1 aromatic rings. The fourth-order valence-corrected chi connectivity index (χ4v) is 2.69. The highest BCUT2D eigenvalue weighted by Gasteiger charge is 2.22. The Morgan fingerprint density at radius 3 is 2.78 bits per heavy atom. The van der Waals surface area contributed by atoms with Crippen LogP contribution in [0, 0.1) is 6.92 Å². The molecule has 18 heavy (non-hydrogen) atoms. The molecule has 1 unspecified atom stereocenters. The Bertz CT molecular complexity index is 403. The molecule has 2 rings (SSSR count). The molecular weight excluding hydrogens is 222 g/mol. The van der Waals surface area contributed by atoms with Crippen LogP contribution < -0.4 is 5.73 Å². The molecule has 3 heteroatoms. The topological polar surface area (TPSA) is 32.5 Å². The fraction of sp³-hybridized carbons (Fsp3) is 0.600. The van der Waals surface area contributed by atoms with Gasteiger partial charge in [0, 0.05) is 37.9 Å². The van der Waals surface area contributed by atoms with Gasteiger partial charge in [-0.15, -0.1) is 0 Å². The number of nitrogens with zero attached hydrogens (tertiary/aromatic N) is 2. The van der Waals surface area contributed by atoms with Gasteiger partial charge in [0.1, 0.15) is 0 Å². The number of hydrogen-bond donors (Lipinski definition) is 1. The summed E-state index contributed by atoms with van der Waals surface area (Å²) < 4.78 is 0. The van der Waals surface area contributed by atoms with E-state index in [9.17, 15) is 0 Å². The third-order valence-corrected chi connectivity index (χ3v) is 4.07. The van der Waals surface area contributed by atoms with Crippen LogP contribution in [0.25, 0.3) is 0 Å². The Morgan fingerprint density at radius 1 is 1.33 bits per heavy atom. The van der Waals surface area contributed by atoms with Gasteiger partial charge in [0.2, 0.25) is 0 Å². The summed E-state index contributed by atoms with van der Waals surface area (Å²) in [5, 5.41) is 0. The highest BCUT2D eigenvalue weighted by Crippen LogP contribution is 2.17. The van der Waals surface area contributed by atoms with Crippen molar-refractivity contribution >= 4 is 5.69 Å². The van der Waals surface area contributed by atoms with Gasteiger partial charge in [0.15, 0.2) is 0 Å². The molecule has 0 aromatic heterocycles. The molecule has 1 heterocycles. The lowest BCUT2D eigenvalue weighted by Gasteiger charge is -2.39. The number of hydrogen-bond acceptors (Lipinski definition) is 3. The maximum Gasteiger partial charge on any atom is 0.0343 e. The molecule has 1 aliphatic rings. The Kier molecular flexibility index (Phi) is 4.25. The van der Waals surface area contributed by atoms with Gasteiger partial charge in [-0.3, -0.25) is 4.90 Å². The molecule has 1 fully saturated rings. The summed E-state index contributed by atoms with van der Waals surface area (Å²) in [6.07, 6.45) is 1.23. The van der Waals surface area contributed by atoms with Gasteiger partial charge < -0.3 is 10.6 Å². The van der Waals surface area contributed by atoms with Gasteiger partial charge >= 0.3 is 0 Å². The average molecular weight is 247 g/mol. The summed E-state index contributed by atoms with van der Waals surface area (Å²) in [7, 11) is 2.23. The third-order valence-electron chi connectivity index (χ3n) is 4.07. The first-order valence-corrected chi connectivity index (χ1v) is 6.87. The molecule has 0 amide bonds. The summed E-state index contributed by atoms with van der Waals surface area (Å²) in [6.45, 7) is 8.92. The maximum absolute atomic E-state index is 5.86. The van der Waals surface area contributed by atoms with Crippen LogP contribution in [0.1, 0.15) is 24.5 Å². The van der Waals surface area contributed by atoms with Gasteiger partial charge in [0.05, 0.1) is 0 Å². The Hall–Kier alpha value is -1.06. The average Bonchev–Trinajstić information content (AvgIpc) is 2.36. The first kappa shape index (κ1) is 13.4. The van der Waals surface area contributed by atoms with Crippen molar-refractivity contribution in [3.05, 3.63) is 29.3 Å². The van der Waals surface area contributed by atoms with Crippen LogP contribution in [0.15, 0.2) is 18.2 Å². The normalized spacial score (nSPS) is 22.3. The molecule has 0 aliphatic carbocycles. The number of rotatable bonds is 3. The van der Waals surface area contributed by atoms with Gasteiger partial charge in [-0.2, -0.15) is 0 Å². The minimum atomic E-state index is 0.702. The van der Waals surface area contributed by atoms with Crippen LogP contribution in [0.4, 0.5) is 5.69 Å². The van der Waals surface area contributed by atoms with E-state index in [0.717, 1.165) is 18.8 Å². The Balaban J connectivity index is 1.99. The van der Waals surface area contributed by atoms with Crippen molar-refractivity contribution in [2.24, 2.45) is 0 Å². The van der Waals surface area contributed by atoms with E-state index in [0.29, 0.717) is 6.04 Å². The predicted molar refractivity (Wildman–Crippen MR) is 77.6 cm³/mol. The van der Waals surface area contributed by atoms with Gasteiger partial charge in [-0.05, 0) is 37.6 Å². The summed E-state index contributed by atoms with van der Waals surface area (Å²) >= 11 is 0. The van der Waals surface area contributed by atoms with E-state index in [2.05, 4.69) is 42.8 Å². The second-order valence-electron chi connectivity index (χ2n) is 5.47. The lowest BCUT2D eigenvalue weighted by atomic mass is 10.1. The quantitative estimate of drug-likeness (QED) is 0.830. The summed E-state index contributed by atoms with van der Waals surface area (Å²) in [5.41, 5.74) is 9.32. The van der Waals surface area contributed by atoms with Crippen LogP contribution >= 0.6 is 0 Å². The number of nitrogen functional groups attached to an aromatic ring is 1. The number of nitrogens with two attached hydrogens (primary N) is 1. The molecule has 1 atom stereocenters. The number of benzene rings is 1. The van der Waals surface area contributed by atoms with Crippen molar-refractivity contribution in [2.75, 3.05) is 32.4 Å². The highest BCUT2D eigenvalue weighted by molar-refractivity contribution is 5.47. The number of piperazine rings is 1. The first-order valence-electron chi connectivity index (χ1n) is 6.87. The molecule has 100 valence electrons. The van der Waals surface area contributed by atoms with Crippen molar-refractivity contribution in [1.82, 2.24) is 9.80 Å². The molecular formula is C15H25N3. The third kappa shape index (κ3) is 3.03. The molecule has 0 saturated carbocycles. The zero-order valence-electron chi connectivity index (χ0n) is 11.8. The van der Waals surface area contributed by atoms with Crippen LogP contribution in [0.3, 0.4) is 0 Å². The fourth-order valence-electron chi connectivity index (χ4n) is 2.69. The summed E-state index contributed by atoms with van der Waals surface area (Å²) in [4.78, 5) is 5.03. The molecule has 1 saturated heterocycles. The van der Waals surface area contributed by atoms with E-state index >= 15 is 0 Å². The van der Waals surface area contributed by atoms with Crippen molar-refractivity contribution in [3.63, 3.8) is 0 Å². The molecule has 3 nitrogen and oxygen atoms in total. The zero-order valence-corrected chi connectivity index (χ0v) is 11.8. The first-order chi connectivity index (χ1) is 8.60. The number of likely N-dealkylation sites (N-methyl/N-ethyl adjacent to an activating group) is 1. The van der Waals surface area contributed by atoms with E-state index in [1.807, 2.05) is 6.07 Å². The molecule has 2 N–H and O–H groups in total. The summed E-state index contributed by atoms with van der Waals surface area (Å²) in [6, 6.07) is 7.10. The maximum atomic E-state index is 5.86. The van der Waals surface area contributed by atoms with Crippen molar-refractivity contribution in [1.29, 1.82) is 0 Å². The van der Waals surface area contributed by atoms with Crippen molar-refractivity contribution in [3.8, 4) is 0 Å². The number of aryl methyl sites for hydroxylation is 1. The minimum Gasteiger partial charge on any atom is -0.399 e. The Morgan fingerprint density at radius 2 is 2.11 bits per heavy atom. The van der Waals surface area contributed by atoms with E-state index in [-0.39, 0.29) is 0 Å². The van der Waals surface area contributed by atoms with E-state index in [1.54, 1.807) is 0 Å². The zero-order chi connectivity index (χ0) is 13.1. The van der Waals surface area contributed by atoms with Gasteiger partial charge in [0.25, 0.3) is 0 Å². The lowest BCUT2D eigenvalue weighted by molar-refractivity contribution is 0.0884. The molecule has 0 spiro atoms. The largest absolute Gasteiger partial charge is 0.399 e. The smallest absolute Gasteiger partial charge is 0.0343 e. The van der Waals surface area contributed by atoms with E-state index < -0.39 is 0 Å².